The molecule has 1 aliphatic heterocycles. The lowest BCUT2D eigenvalue weighted by atomic mass is 9.91. The Morgan fingerprint density at radius 1 is 1.38 bits per heavy atom. The second kappa shape index (κ2) is 6.37. The molecular weight excluding hydrogens is 298 g/mol. The Labute approximate surface area is 124 Å². The molecule has 1 saturated heterocycles. The Morgan fingerprint density at radius 2 is 2.10 bits per heavy atom. The topological polar surface area (TPSA) is 40.6 Å². The lowest BCUT2D eigenvalue weighted by Gasteiger charge is -2.34. The van der Waals surface area contributed by atoms with Gasteiger partial charge in [0.25, 0.3) is 10.2 Å². The van der Waals surface area contributed by atoms with Crippen molar-refractivity contribution in [2.75, 3.05) is 26.7 Å². The van der Waals surface area contributed by atoms with Crippen LogP contribution in [0.15, 0.2) is 18.2 Å². The van der Waals surface area contributed by atoms with Gasteiger partial charge < -0.3 is 0 Å². The fraction of sp³-hybridized carbons (Fsp3) is 0.571. The van der Waals surface area contributed by atoms with Crippen LogP contribution < -0.4 is 0 Å². The molecule has 7 heteroatoms. The smallest absolute Gasteiger partial charge is 0.207 e. The molecule has 1 aromatic carbocycles. The monoisotopic (exact) mass is 318 g/mol. The van der Waals surface area contributed by atoms with Crippen molar-refractivity contribution in [1.29, 1.82) is 0 Å². The lowest BCUT2D eigenvalue weighted by Crippen LogP contribution is -2.46. The molecule has 0 saturated carbocycles. The van der Waals surface area contributed by atoms with E-state index in [1.54, 1.807) is 6.92 Å². The van der Waals surface area contributed by atoms with Crippen LogP contribution in [0.1, 0.15) is 31.2 Å². The Morgan fingerprint density at radius 3 is 2.76 bits per heavy atom. The maximum Gasteiger partial charge on any atom is 0.281 e. The van der Waals surface area contributed by atoms with Crippen LogP contribution in [0, 0.1) is 11.6 Å². The Kier molecular flexibility index (Phi) is 4.95. The predicted octanol–water partition coefficient (Wildman–Crippen LogP) is 2.34. The third-order valence-corrected chi connectivity index (χ3v) is 5.98. The van der Waals surface area contributed by atoms with Crippen molar-refractivity contribution in [1.82, 2.24) is 8.61 Å². The van der Waals surface area contributed by atoms with Gasteiger partial charge in [0, 0.05) is 32.6 Å². The van der Waals surface area contributed by atoms with Gasteiger partial charge in [0.05, 0.1) is 0 Å². The largest absolute Gasteiger partial charge is 0.281 e. The SMILES string of the molecule is CCN(C)S(=O)(=O)N1CCCC(c2cc(F)ccc2F)C1. The van der Waals surface area contributed by atoms with Crippen LogP contribution in [0.5, 0.6) is 0 Å². The number of benzene rings is 1. The van der Waals surface area contributed by atoms with Gasteiger partial charge in [-0.1, -0.05) is 6.92 Å². The summed E-state index contributed by atoms with van der Waals surface area (Å²) in [4.78, 5) is 0. The summed E-state index contributed by atoms with van der Waals surface area (Å²) in [6.07, 6.45) is 1.29. The van der Waals surface area contributed by atoms with E-state index < -0.39 is 21.8 Å². The molecule has 118 valence electrons. The second-order valence-electron chi connectivity index (χ2n) is 5.28. The zero-order valence-electron chi connectivity index (χ0n) is 12.2. The number of rotatable bonds is 4. The van der Waals surface area contributed by atoms with Crippen LogP contribution >= 0.6 is 0 Å². The Hall–Kier alpha value is -1.05. The highest BCUT2D eigenvalue weighted by atomic mass is 32.2. The number of halogens is 2. The summed E-state index contributed by atoms with van der Waals surface area (Å²) in [6.45, 7) is 2.73. The number of hydrogen-bond donors (Lipinski definition) is 0. The van der Waals surface area contributed by atoms with Crippen molar-refractivity contribution >= 4 is 10.2 Å². The zero-order chi connectivity index (χ0) is 15.6. The molecule has 21 heavy (non-hydrogen) atoms. The van der Waals surface area contributed by atoms with Gasteiger partial charge >= 0.3 is 0 Å². The molecule has 1 aromatic rings. The summed E-state index contributed by atoms with van der Waals surface area (Å²) in [6, 6.07) is 3.33. The van der Waals surface area contributed by atoms with Crippen LogP contribution in [0.25, 0.3) is 0 Å². The van der Waals surface area contributed by atoms with Gasteiger partial charge in [-0.15, -0.1) is 0 Å². The van der Waals surface area contributed by atoms with Crippen molar-refractivity contribution in [3.05, 3.63) is 35.4 Å². The summed E-state index contributed by atoms with van der Waals surface area (Å²) in [7, 11) is -2.01. The number of nitrogens with zero attached hydrogens (tertiary/aromatic N) is 2. The van der Waals surface area contributed by atoms with Crippen LogP contribution in [0.2, 0.25) is 0 Å². The molecule has 1 unspecified atom stereocenters. The molecule has 0 aliphatic carbocycles. The first-order valence-corrected chi connectivity index (χ1v) is 8.42. The molecule has 1 atom stereocenters. The average Bonchev–Trinajstić information content (AvgIpc) is 2.49. The second-order valence-corrected chi connectivity index (χ2v) is 7.32. The van der Waals surface area contributed by atoms with Crippen LogP contribution in [-0.4, -0.2) is 43.7 Å². The van der Waals surface area contributed by atoms with E-state index >= 15 is 0 Å². The Balaban J connectivity index is 2.23. The first kappa shape index (κ1) is 16.3. The maximum absolute atomic E-state index is 13.9. The summed E-state index contributed by atoms with van der Waals surface area (Å²) in [5.74, 6) is -1.30. The fourth-order valence-corrected chi connectivity index (χ4v) is 4.04. The van der Waals surface area contributed by atoms with Gasteiger partial charge in [-0.2, -0.15) is 17.0 Å². The molecular formula is C14H20F2N2O2S. The molecule has 0 aromatic heterocycles. The molecule has 0 spiro atoms. The van der Waals surface area contributed by atoms with E-state index in [4.69, 9.17) is 0 Å². The van der Waals surface area contributed by atoms with E-state index in [9.17, 15) is 17.2 Å². The lowest BCUT2D eigenvalue weighted by molar-refractivity contribution is 0.290. The van der Waals surface area contributed by atoms with Crippen molar-refractivity contribution < 1.29 is 17.2 Å². The number of hydrogen-bond acceptors (Lipinski definition) is 2. The van der Waals surface area contributed by atoms with E-state index in [1.807, 2.05) is 0 Å². The summed E-state index contributed by atoms with van der Waals surface area (Å²) in [5, 5.41) is 0. The van der Waals surface area contributed by atoms with Gasteiger partial charge in [0.1, 0.15) is 11.6 Å². The molecule has 2 rings (SSSR count). The van der Waals surface area contributed by atoms with Gasteiger partial charge in [-0.05, 0) is 36.6 Å². The maximum atomic E-state index is 13.9. The van der Waals surface area contributed by atoms with Gasteiger partial charge in [-0.3, -0.25) is 0 Å². The third kappa shape index (κ3) is 3.41. The zero-order valence-corrected chi connectivity index (χ0v) is 13.0. The highest BCUT2D eigenvalue weighted by Gasteiger charge is 2.32. The molecule has 0 radical (unpaired) electrons. The minimum Gasteiger partial charge on any atom is -0.207 e. The molecule has 1 aliphatic rings. The van der Waals surface area contributed by atoms with Gasteiger partial charge in [0.15, 0.2) is 0 Å². The first-order valence-electron chi connectivity index (χ1n) is 7.02. The minimum atomic E-state index is -3.53. The minimum absolute atomic E-state index is 0.188. The highest BCUT2D eigenvalue weighted by Crippen LogP contribution is 2.30. The van der Waals surface area contributed by atoms with Crippen molar-refractivity contribution in [3.63, 3.8) is 0 Å². The average molecular weight is 318 g/mol. The molecule has 4 nitrogen and oxygen atoms in total. The van der Waals surface area contributed by atoms with Crippen LogP contribution in [-0.2, 0) is 10.2 Å². The van der Waals surface area contributed by atoms with Crippen molar-refractivity contribution in [2.45, 2.75) is 25.7 Å². The highest BCUT2D eigenvalue weighted by molar-refractivity contribution is 7.86. The first-order chi connectivity index (χ1) is 9.86. The normalized spacial score (nSPS) is 20.9. The predicted molar refractivity (Wildman–Crippen MR) is 77.1 cm³/mol. The summed E-state index contributed by atoms with van der Waals surface area (Å²) >= 11 is 0. The van der Waals surface area contributed by atoms with E-state index in [0.29, 0.717) is 25.9 Å². The fourth-order valence-electron chi connectivity index (χ4n) is 2.59. The van der Waals surface area contributed by atoms with Crippen LogP contribution in [0.4, 0.5) is 8.78 Å². The summed E-state index contributed by atoms with van der Waals surface area (Å²) < 4.78 is 54.4. The van der Waals surface area contributed by atoms with E-state index in [0.717, 1.165) is 12.1 Å². The van der Waals surface area contributed by atoms with Gasteiger partial charge in [-0.25, -0.2) is 8.78 Å². The quantitative estimate of drug-likeness (QED) is 0.855. The van der Waals surface area contributed by atoms with Gasteiger partial charge in [0.2, 0.25) is 0 Å². The number of piperidine rings is 1. The standard InChI is InChI=1S/C14H20F2N2O2S/c1-3-17(2)21(19,20)18-8-4-5-11(10-18)13-9-12(15)6-7-14(13)16/h6-7,9,11H,3-5,8,10H2,1-2H3. The van der Waals surface area contributed by atoms with E-state index in [-0.39, 0.29) is 18.0 Å². The third-order valence-electron chi connectivity index (χ3n) is 3.95. The van der Waals surface area contributed by atoms with Crippen LogP contribution in [0.3, 0.4) is 0 Å². The van der Waals surface area contributed by atoms with E-state index in [1.165, 1.54) is 21.7 Å². The molecule has 0 N–H and O–H groups in total. The molecule has 0 bridgehead atoms. The van der Waals surface area contributed by atoms with Crippen molar-refractivity contribution in [2.24, 2.45) is 0 Å². The Bertz CT molecular complexity index is 607. The van der Waals surface area contributed by atoms with Crippen molar-refractivity contribution in [3.8, 4) is 0 Å². The molecule has 0 amide bonds. The molecule has 1 heterocycles. The summed E-state index contributed by atoms with van der Waals surface area (Å²) in [5.41, 5.74) is 0.258. The molecule has 1 fully saturated rings. The van der Waals surface area contributed by atoms with E-state index in [2.05, 4.69) is 0 Å².